The molecule has 106 valence electrons. The molecule has 1 amide bonds. The van der Waals surface area contributed by atoms with Crippen LogP contribution in [0.15, 0.2) is 22.7 Å². The molecule has 1 aliphatic rings. The van der Waals surface area contributed by atoms with Gasteiger partial charge in [-0.2, -0.15) is 0 Å². The van der Waals surface area contributed by atoms with Gasteiger partial charge in [-0.15, -0.1) is 12.4 Å². The lowest BCUT2D eigenvalue weighted by atomic mass is 10.1. The molecule has 0 bridgehead atoms. The molecule has 1 aliphatic heterocycles. The van der Waals surface area contributed by atoms with Crippen LogP contribution in [0.3, 0.4) is 0 Å². The predicted molar refractivity (Wildman–Crippen MR) is 80.8 cm³/mol. The monoisotopic (exact) mass is 348 g/mol. The van der Waals surface area contributed by atoms with E-state index >= 15 is 0 Å². The highest BCUT2D eigenvalue weighted by atomic mass is 79.9. The quantitative estimate of drug-likeness (QED) is 0.888. The number of morpholine rings is 1. The van der Waals surface area contributed by atoms with E-state index in [9.17, 15) is 4.79 Å². The van der Waals surface area contributed by atoms with Crippen LogP contribution in [0.5, 0.6) is 0 Å². The number of nitrogens with zero attached hydrogens (tertiary/aromatic N) is 1. The number of halogens is 2. The van der Waals surface area contributed by atoms with E-state index < -0.39 is 0 Å². The third kappa shape index (κ3) is 3.69. The van der Waals surface area contributed by atoms with Gasteiger partial charge in [0.2, 0.25) is 0 Å². The molecule has 1 saturated heterocycles. The van der Waals surface area contributed by atoms with Crippen LogP contribution in [0.25, 0.3) is 0 Å². The molecule has 0 spiro atoms. The largest absolute Gasteiger partial charge is 0.373 e. The minimum atomic E-state index is -0.0461. The van der Waals surface area contributed by atoms with Gasteiger partial charge in [0.25, 0.3) is 5.91 Å². The molecule has 0 aromatic heterocycles. The zero-order valence-corrected chi connectivity index (χ0v) is 13.2. The van der Waals surface area contributed by atoms with E-state index in [4.69, 9.17) is 10.5 Å². The normalized spacial score (nSPS) is 18.9. The maximum atomic E-state index is 12.4. The smallest absolute Gasteiger partial charge is 0.254 e. The van der Waals surface area contributed by atoms with Gasteiger partial charge < -0.3 is 15.4 Å². The van der Waals surface area contributed by atoms with E-state index in [1.165, 1.54) is 0 Å². The molecule has 4 nitrogen and oxygen atoms in total. The number of nitrogens with two attached hydrogens (primary N) is 1. The average Bonchev–Trinajstić information content (AvgIpc) is 2.41. The van der Waals surface area contributed by atoms with Crippen LogP contribution in [0.1, 0.15) is 15.9 Å². The van der Waals surface area contributed by atoms with Crippen molar-refractivity contribution in [3.8, 4) is 0 Å². The number of amides is 1. The number of carbonyl (C=O) groups is 1. The zero-order valence-electron chi connectivity index (χ0n) is 10.8. The van der Waals surface area contributed by atoms with Crippen molar-refractivity contribution in [3.05, 3.63) is 33.8 Å². The van der Waals surface area contributed by atoms with Crippen molar-refractivity contribution in [2.75, 3.05) is 26.2 Å². The summed E-state index contributed by atoms with van der Waals surface area (Å²) < 4.78 is 6.42. The second-order valence-corrected chi connectivity index (χ2v) is 5.25. The number of rotatable bonds is 2. The van der Waals surface area contributed by atoms with Gasteiger partial charge in [-0.1, -0.05) is 22.0 Å². The minimum absolute atomic E-state index is 0. The van der Waals surface area contributed by atoms with Gasteiger partial charge >= 0.3 is 0 Å². The van der Waals surface area contributed by atoms with Crippen molar-refractivity contribution >= 4 is 34.2 Å². The fraction of sp³-hybridized carbons (Fsp3) is 0.462. The van der Waals surface area contributed by atoms with Crippen molar-refractivity contribution in [3.63, 3.8) is 0 Å². The first-order valence-corrected chi connectivity index (χ1v) is 6.79. The molecular weight excluding hydrogens is 332 g/mol. The number of carbonyl (C=O) groups excluding carboxylic acids is 1. The summed E-state index contributed by atoms with van der Waals surface area (Å²) in [5.41, 5.74) is 7.30. The SMILES string of the molecule is Cc1c(Br)cccc1C(=O)N1CCOC(CN)C1.Cl. The molecule has 1 fully saturated rings. The molecule has 1 atom stereocenters. The van der Waals surface area contributed by atoms with E-state index in [0.29, 0.717) is 26.2 Å². The number of ether oxygens (including phenoxy) is 1. The highest BCUT2D eigenvalue weighted by Crippen LogP contribution is 2.21. The van der Waals surface area contributed by atoms with Gasteiger partial charge in [0.1, 0.15) is 0 Å². The summed E-state index contributed by atoms with van der Waals surface area (Å²) in [7, 11) is 0. The van der Waals surface area contributed by atoms with Crippen molar-refractivity contribution in [1.82, 2.24) is 4.90 Å². The number of benzene rings is 1. The van der Waals surface area contributed by atoms with E-state index in [0.717, 1.165) is 15.6 Å². The lowest BCUT2D eigenvalue weighted by Gasteiger charge is -2.32. The fourth-order valence-corrected chi connectivity index (χ4v) is 2.42. The standard InChI is InChI=1S/C13H17BrN2O2.ClH/c1-9-11(3-2-4-12(9)14)13(17)16-5-6-18-10(7-15)8-16;/h2-4,10H,5-8,15H2,1H3;1H. The Bertz CT molecular complexity index is 456. The van der Waals surface area contributed by atoms with Gasteiger partial charge in [0.15, 0.2) is 0 Å². The highest BCUT2D eigenvalue weighted by molar-refractivity contribution is 9.10. The van der Waals surface area contributed by atoms with E-state index in [-0.39, 0.29) is 24.4 Å². The Labute approximate surface area is 127 Å². The van der Waals surface area contributed by atoms with E-state index in [1.54, 1.807) is 0 Å². The summed E-state index contributed by atoms with van der Waals surface area (Å²) in [5.74, 6) is 0.0514. The second kappa shape index (κ2) is 7.24. The molecule has 0 saturated carbocycles. The first kappa shape index (κ1) is 16.4. The predicted octanol–water partition coefficient (Wildman–Crippen LogP) is 1.98. The third-order valence-electron chi connectivity index (χ3n) is 3.19. The first-order chi connectivity index (χ1) is 8.63. The lowest BCUT2D eigenvalue weighted by Crippen LogP contribution is -2.48. The van der Waals surface area contributed by atoms with Crippen molar-refractivity contribution in [2.24, 2.45) is 5.73 Å². The molecule has 2 rings (SSSR count). The summed E-state index contributed by atoms with van der Waals surface area (Å²) in [5, 5.41) is 0. The van der Waals surface area contributed by atoms with Gasteiger partial charge in [-0.05, 0) is 24.6 Å². The van der Waals surface area contributed by atoms with E-state index in [2.05, 4.69) is 15.9 Å². The average molecular weight is 350 g/mol. The Morgan fingerprint density at radius 2 is 2.32 bits per heavy atom. The van der Waals surface area contributed by atoms with Crippen LogP contribution in [0.2, 0.25) is 0 Å². The molecule has 0 radical (unpaired) electrons. The van der Waals surface area contributed by atoms with Gasteiger partial charge in [-0.25, -0.2) is 0 Å². The summed E-state index contributed by atoms with van der Waals surface area (Å²) in [4.78, 5) is 14.3. The molecule has 1 heterocycles. The van der Waals surface area contributed by atoms with Crippen LogP contribution >= 0.6 is 28.3 Å². The van der Waals surface area contributed by atoms with Crippen LogP contribution < -0.4 is 5.73 Å². The molecule has 6 heteroatoms. The topological polar surface area (TPSA) is 55.6 Å². The van der Waals surface area contributed by atoms with Gasteiger partial charge in [0, 0.05) is 29.7 Å². The van der Waals surface area contributed by atoms with Crippen molar-refractivity contribution < 1.29 is 9.53 Å². The Balaban J connectivity index is 0.00000180. The Hall–Kier alpha value is -0.620. The molecule has 19 heavy (non-hydrogen) atoms. The Morgan fingerprint density at radius 3 is 3.00 bits per heavy atom. The van der Waals surface area contributed by atoms with Gasteiger partial charge in [0.05, 0.1) is 12.7 Å². The third-order valence-corrected chi connectivity index (χ3v) is 4.05. The Morgan fingerprint density at radius 1 is 1.58 bits per heavy atom. The van der Waals surface area contributed by atoms with Crippen molar-refractivity contribution in [1.29, 1.82) is 0 Å². The number of hydrogen-bond acceptors (Lipinski definition) is 3. The molecular formula is C13H18BrClN2O2. The molecule has 0 aliphatic carbocycles. The van der Waals surface area contributed by atoms with Crippen LogP contribution in [0, 0.1) is 6.92 Å². The molecule has 1 unspecified atom stereocenters. The maximum Gasteiger partial charge on any atom is 0.254 e. The van der Waals surface area contributed by atoms with Crippen LogP contribution in [0.4, 0.5) is 0 Å². The molecule has 2 N–H and O–H groups in total. The summed E-state index contributed by atoms with van der Waals surface area (Å²) in [6.07, 6.45) is -0.0461. The van der Waals surface area contributed by atoms with Crippen molar-refractivity contribution in [2.45, 2.75) is 13.0 Å². The molecule has 1 aromatic carbocycles. The lowest BCUT2D eigenvalue weighted by molar-refractivity contribution is -0.0167. The summed E-state index contributed by atoms with van der Waals surface area (Å²) >= 11 is 3.45. The zero-order chi connectivity index (χ0) is 13.1. The summed E-state index contributed by atoms with van der Waals surface area (Å²) in [6.45, 7) is 4.14. The van der Waals surface area contributed by atoms with Crippen LogP contribution in [-0.4, -0.2) is 43.2 Å². The highest BCUT2D eigenvalue weighted by Gasteiger charge is 2.25. The van der Waals surface area contributed by atoms with E-state index in [1.807, 2.05) is 30.0 Å². The van der Waals surface area contributed by atoms with Gasteiger partial charge in [-0.3, -0.25) is 4.79 Å². The Kier molecular flexibility index (Phi) is 6.26. The fourth-order valence-electron chi connectivity index (χ4n) is 2.06. The summed E-state index contributed by atoms with van der Waals surface area (Å²) in [6, 6.07) is 5.68. The number of hydrogen-bond donors (Lipinski definition) is 1. The first-order valence-electron chi connectivity index (χ1n) is 5.99. The second-order valence-electron chi connectivity index (χ2n) is 4.39. The maximum absolute atomic E-state index is 12.4. The molecule has 1 aromatic rings. The minimum Gasteiger partial charge on any atom is -0.373 e. The van der Waals surface area contributed by atoms with Crippen LogP contribution in [-0.2, 0) is 4.74 Å².